The smallest absolute Gasteiger partial charge is 0.377 e. The van der Waals surface area contributed by atoms with Crippen LogP contribution < -0.4 is 16.4 Å². The van der Waals surface area contributed by atoms with E-state index in [0.717, 1.165) is 5.56 Å². The van der Waals surface area contributed by atoms with Crippen molar-refractivity contribution in [3.8, 4) is 0 Å². The first-order valence-corrected chi connectivity index (χ1v) is 14.4. The zero-order valence-electron chi connectivity index (χ0n) is 24.8. The number of hydrogen-bond donors (Lipinski definition) is 3. The number of hydrogen-bond acceptors (Lipinski definition) is 7. The summed E-state index contributed by atoms with van der Waals surface area (Å²) in [6.07, 6.45) is 0. The number of morpholine rings is 1. The van der Waals surface area contributed by atoms with Crippen molar-refractivity contribution in [1.29, 1.82) is 0 Å². The molecule has 3 aromatic rings. The van der Waals surface area contributed by atoms with Crippen LogP contribution in [-0.2, 0) is 23.1 Å². The van der Waals surface area contributed by atoms with E-state index in [-0.39, 0.29) is 40.1 Å². The number of amides is 3. The summed E-state index contributed by atoms with van der Waals surface area (Å²) in [5, 5.41) is 10.0. The van der Waals surface area contributed by atoms with Gasteiger partial charge in [-0.05, 0) is 43.7 Å². The molecule has 2 aromatic carbocycles. The highest BCUT2D eigenvalue weighted by Crippen LogP contribution is 2.38. The maximum absolute atomic E-state index is 13.3. The Hall–Kier alpha value is -4.20. The first kappa shape index (κ1) is 32.7. The summed E-state index contributed by atoms with van der Waals surface area (Å²) in [7, 11) is 1.73. The first-order chi connectivity index (χ1) is 20.8. The molecule has 2 fully saturated rings. The van der Waals surface area contributed by atoms with E-state index >= 15 is 0 Å². The van der Waals surface area contributed by atoms with Gasteiger partial charge in [-0.1, -0.05) is 23.7 Å². The van der Waals surface area contributed by atoms with Crippen molar-refractivity contribution in [2.45, 2.75) is 32.5 Å². The summed E-state index contributed by atoms with van der Waals surface area (Å²) in [5.41, 5.74) is 12.0. The van der Waals surface area contributed by atoms with Gasteiger partial charge in [-0.3, -0.25) is 14.5 Å². The molecule has 0 unspecified atom stereocenters. The Kier molecular flexibility index (Phi) is 10.1. The van der Waals surface area contributed by atoms with E-state index < -0.39 is 17.7 Å². The van der Waals surface area contributed by atoms with E-state index in [1.807, 2.05) is 18.7 Å². The maximum Gasteiger partial charge on any atom is 0.377 e. The quantitative estimate of drug-likeness (QED) is 0.276. The van der Waals surface area contributed by atoms with Crippen molar-refractivity contribution >= 4 is 52.0 Å². The number of carboxylic acid groups (broad SMARTS) is 1. The lowest BCUT2D eigenvalue weighted by Gasteiger charge is -2.45. The molecule has 3 heterocycles. The second-order valence-corrected chi connectivity index (χ2v) is 11.4. The largest absolute Gasteiger partial charge is 0.475 e. The lowest BCUT2D eigenvalue weighted by atomic mass is 10.0. The fraction of sp³-hybridized carbons (Fsp3) is 0.400. The van der Waals surface area contributed by atoms with E-state index in [1.165, 1.54) is 24.3 Å². The number of aliphatic carboxylic acids is 1. The van der Waals surface area contributed by atoms with Crippen LogP contribution in [0.5, 0.6) is 0 Å². The number of aryl methyl sites for hydroxylation is 1. The number of carbonyl (C=O) groups excluding carboxylic acids is 3. The third kappa shape index (κ3) is 6.95. The summed E-state index contributed by atoms with van der Waals surface area (Å²) in [4.78, 5) is 52.8. The lowest BCUT2D eigenvalue weighted by Crippen LogP contribution is -2.56. The topological polar surface area (TPSA) is 164 Å². The number of nitrogens with zero attached hydrogens (tertiary/aromatic N) is 4. The number of urea groups is 1. The number of aromatic nitrogens is 1. The van der Waals surface area contributed by atoms with Gasteiger partial charge in [-0.15, -0.1) is 0 Å². The number of carbonyl (C=O) groups is 4. The molecule has 236 valence electrons. The monoisotopic (exact) mass is 630 g/mol. The SMILES string of the molecule is C[C@@H]1CN(Cc2ccc(F)cc2)[C@@H](C)CN1c1c(C(=O)C(=O)O)c2cc(C(N)=O)c(Cl)cc2n1C.NC(=O)N1CCOCC1. The molecule has 0 bridgehead atoms. The molecule has 1 aromatic heterocycles. The van der Waals surface area contributed by atoms with Gasteiger partial charge in [0.25, 0.3) is 5.78 Å². The fourth-order valence-corrected chi connectivity index (χ4v) is 5.87. The Balaban J connectivity index is 0.000000421. The number of anilines is 1. The van der Waals surface area contributed by atoms with Gasteiger partial charge in [0.05, 0.1) is 34.9 Å². The van der Waals surface area contributed by atoms with Crippen LogP contribution in [0.2, 0.25) is 5.02 Å². The van der Waals surface area contributed by atoms with Crippen molar-refractivity contribution in [3.05, 3.63) is 63.9 Å². The number of nitrogens with two attached hydrogens (primary N) is 2. The molecule has 5 rings (SSSR count). The summed E-state index contributed by atoms with van der Waals surface area (Å²) >= 11 is 6.26. The number of ketones is 1. The molecule has 14 heteroatoms. The summed E-state index contributed by atoms with van der Waals surface area (Å²) in [6.45, 7) is 8.32. The molecule has 2 atom stereocenters. The van der Waals surface area contributed by atoms with E-state index in [0.29, 0.717) is 62.7 Å². The Labute approximate surface area is 258 Å². The number of Topliss-reactive ketones (excluding diaryl/α,β-unsaturated/α-hetero) is 1. The third-order valence-corrected chi connectivity index (χ3v) is 8.27. The fourth-order valence-electron chi connectivity index (χ4n) is 5.62. The van der Waals surface area contributed by atoms with Crippen molar-refractivity contribution < 1.29 is 33.4 Å². The van der Waals surface area contributed by atoms with Crippen LogP contribution >= 0.6 is 11.6 Å². The van der Waals surface area contributed by atoms with Crippen molar-refractivity contribution in [2.24, 2.45) is 18.5 Å². The number of piperazine rings is 1. The third-order valence-electron chi connectivity index (χ3n) is 7.95. The van der Waals surface area contributed by atoms with Gasteiger partial charge in [0.1, 0.15) is 11.6 Å². The van der Waals surface area contributed by atoms with Gasteiger partial charge < -0.3 is 35.7 Å². The maximum atomic E-state index is 13.3. The molecule has 2 aliphatic rings. The summed E-state index contributed by atoms with van der Waals surface area (Å²) in [5.74, 6) is -3.27. The van der Waals surface area contributed by atoms with Crippen LogP contribution in [0.15, 0.2) is 36.4 Å². The highest BCUT2D eigenvalue weighted by atomic mass is 35.5. The average molecular weight is 631 g/mol. The second-order valence-electron chi connectivity index (χ2n) is 10.9. The minimum atomic E-state index is -1.59. The predicted octanol–water partition coefficient (Wildman–Crippen LogP) is 2.83. The molecule has 44 heavy (non-hydrogen) atoms. The number of rotatable bonds is 6. The van der Waals surface area contributed by atoms with Gasteiger partial charge in [-0.2, -0.15) is 0 Å². The van der Waals surface area contributed by atoms with Crippen LogP contribution in [0.1, 0.15) is 40.1 Å². The second kappa shape index (κ2) is 13.6. The van der Waals surface area contributed by atoms with Crippen LogP contribution in [0.4, 0.5) is 15.0 Å². The van der Waals surface area contributed by atoms with Crippen molar-refractivity contribution in [2.75, 3.05) is 44.3 Å². The van der Waals surface area contributed by atoms with E-state index in [9.17, 15) is 28.7 Å². The minimum absolute atomic E-state index is 0.000186. The molecule has 0 spiro atoms. The predicted molar refractivity (Wildman–Crippen MR) is 163 cm³/mol. The molecule has 5 N–H and O–H groups in total. The molecule has 0 aliphatic carbocycles. The Morgan fingerprint density at radius 1 is 1.02 bits per heavy atom. The van der Waals surface area contributed by atoms with Crippen molar-refractivity contribution in [1.82, 2.24) is 14.4 Å². The minimum Gasteiger partial charge on any atom is -0.475 e. The van der Waals surface area contributed by atoms with Gasteiger partial charge in [0, 0.05) is 57.2 Å². The van der Waals surface area contributed by atoms with E-state index in [1.54, 1.807) is 28.6 Å². The van der Waals surface area contributed by atoms with Crippen LogP contribution in [0.3, 0.4) is 0 Å². The molecular weight excluding hydrogens is 595 g/mol. The van der Waals surface area contributed by atoms with Crippen LogP contribution in [0.25, 0.3) is 10.9 Å². The number of fused-ring (bicyclic) bond motifs is 1. The zero-order valence-corrected chi connectivity index (χ0v) is 25.5. The van der Waals surface area contributed by atoms with Crippen LogP contribution in [-0.4, -0.2) is 94.6 Å². The Bertz CT molecular complexity index is 1570. The van der Waals surface area contributed by atoms with E-state index in [4.69, 9.17) is 27.8 Å². The highest BCUT2D eigenvalue weighted by molar-refractivity contribution is 6.44. The summed E-state index contributed by atoms with van der Waals surface area (Å²) < 4.78 is 20.0. The summed E-state index contributed by atoms with van der Waals surface area (Å²) in [6, 6.07) is 8.91. The molecule has 2 saturated heterocycles. The molecule has 0 saturated carbocycles. The zero-order chi connectivity index (χ0) is 32.3. The molecule has 2 aliphatic heterocycles. The molecule has 0 radical (unpaired) electrons. The Morgan fingerprint density at radius 2 is 1.66 bits per heavy atom. The van der Waals surface area contributed by atoms with Crippen LogP contribution in [0, 0.1) is 5.82 Å². The number of primary amides is 2. The molecule has 3 amide bonds. The number of halogens is 2. The Morgan fingerprint density at radius 3 is 2.20 bits per heavy atom. The number of benzene rings is 2. The molecular formula is C30H36ClFN6O6. The van der Waals surface area contributed by atoms with Gasteiger partial charge >= 0.3 is 12.0 Å². The normalized spacial score (nSPS) is 18.9. The lowest BCUT2D eigenvalue weighted by molar-refractivity contribution is -0.131. The van der Waals surface area contributed by atoms with Gasteiger partial charge in [0.15, 0.2) is 0 Å². The van der Waals surface area contributed by atoms with E-state index in [2.05, 4.69) is 4.90 Å². The number of ether oxygens (including phenoxy) is 1. The molecule has 12 nitrogen and oxygen atoms in total. The highest BCUT2D eigenvalue weighted by Gasteiger charge is 2.36. The van der Waals surface area contributed by atoms with Gasteiger partial charge in [-0.25, -0.2) is 14.0 Å². The van der Waals surface area contributed by atoms with Gasteiger partial charge in [0.2, 0.25) is 5.91 Å². The standard InChI is InChI=1S/C25H26ClFN4O4.C5H10N2O2/c1-13-11-31(14(2)10-30(13)12-15-4-6-16(27)7-5-15)24-21(22(32)25(34)35)18-8-17(23(28)33)19(26)9-20(18)29(24)3;6-5(8)7-1-3-9-4-2-7/h4-9,13-14H,10-12H2,1-3H3,(H2,28,33)(H,34,35);1-4H2,(H2,6,8)/t13-,14+;/m0./s1. The first-order valence-electron chi connectivity index (χ1n) is 14.1. The average Bonchev–Trinajstić information content (AvgIpc) is 3.26. The van der Waals surface area contributed by atoms with Crippen molar-refractivity contribution in [3.63, 3.8) is 0 Å². The number of carboxylic acids is 1.